The van der Waals surface area contributed by atoms with Crippen LogP contribution in [0.1, 0.15) is 25.0 Å². The second-order valence-electron chi connectivity index (χ2n) is 6.12. The lowest BCUT2D eigenvalue weighted by atomic mass is 10.2. The maximum Gasteiger partial charge on any atom is 0.251 e. The molecule has 2 heterocycles. The van der Waals surface area contributed by atoms with E-state index in [1.54, 1.807) is 0 Å². The van der Waals surface area contributed by atoms with Crippen LogP contribution >= 0.6 is 0 Å². The molecule has 0 aliphatic carbocycles. The van der Waals surface area contributed by atoms with E-state index in [-0.39, 0.29) is 18.4 Å². The van der Waals surface area contributed by atoms with E-state index in [9.17, 15) is 14.7 Å². The van der Waals surface area contributed by atoms with Gasteiger partial charge in [-0.05, 0) is 31.4 Å². The first kappa shape index (κ1) is 16.5. The quantitative estimate of drug-likeness (QED) is 0.869. The Morgan fingerprint density at radius 3 is 3.00 bits per heavy atom. The van der Waals surface area contributed by atoms with Crippen molar-refractivity contribution in [2.24, 2.45) is 0 Å². The highest BCUT2D eigenvalue weighted by molar-refractivity contribution is 5.87. The van der Waals surface area contributed by atoms with E-state index in [1.807, 2.05) is 30.3 Å². The normalized spacial score (nSPS) is 18.6. The van der Waals surface area contributed by atoms with Crippen molar-refractivity contribution in [3.63, 3.8) is 0 Å². The number of fused-ring (bicyclic) bond motifs is 1. The first-order valence-corrected chi connectivity index (χ1v) is 8.34. The van der Waals surface area contributed by atoms with Crippen LogP contribution in [0.4, 0.5) is 0 Å². The second-order valence-corrected chi connectivity index (χ2v) is 6.12. The Bertz CT molecular complexity index is 692. The van der Waals surface area contributed by atoms with Gasteiger partial charge in [0.15, 0.2) is 0 Å². The first-order valence-electron chi connectivity index (χ1n) is 8.34. The molecular formula is C18H22N2O4. The van der Waals surface area contributed by atoms with Gasteiger partial charge in [0.1, 0.15) is 17.4 Å². The number of hydrogen-bond acceptors (Lipinski definition) is 4. The number of aliphatic hydroxyl groups excluding tert-OH is 1. The summed E-state index contributed by atoms with van der Waals surface area (Å²) in [7, 11) is 0. The fourth-order valence-electron chi connectivity index (χ4n) is 2.96. The van der Waals surface area contributed by atoms with Gasteiger partial charge >= 0.3 is 0 Å². The number of furan rings is 1. The molecule has 2 N–H and O–H groups in total. The Morgan fingerprint density at radius 1 is 1.33 bits per heavy atom. The number of rotatable bonds is 5. The maximum absolute atomic E-state index is 12.0. The number of carbonyl (C=O) groups excluding carboxylic acids is 2. The van der Waals surface area contributed by atoms with Crippen molar-refractivity contribution >= 4 is 22.8 Å². The Hall–Kier alpha value is -2.34. The minimum atomic E-state index is -0.976. The SMILES string of the molecule is O=C(CN1CCCCC(O)C1=O)NCCc1cc2ccccc2o1. The number of amides is 2. The zero-order valence-electron chi connectivity index (χ0n) is 13.5. The van der Waals surface area contributed by atoms with Gasteiger partial charge in [-0.25, -0.2) is 0 Å². The molecule has 3 rings (SSSR count). The van der Waals surface area contributed by atoms with Gasteiger partial charge in [-0.15, -0.1) is 0 Å². The van der Waals surface area contributed by atoms with Gasteiger partial charge in [0.25, 0.3) is 5.91 Å². The monoisotopic (exact) mass is 330 g/mol. The highest BCUT2D eigenvalue weighted by Gasteiger charge is 2.26. The molecule has 1 atom stereocenters. The van der Waals surface area contributed by atoms with Crippen LogP contribution in [0.3, 0.4) is 0 Å². The van der Waals surface area contributed by atoms with Crippen LogP contribution < -0.4 is 5.32 Å². The number of likely N-dealkylation sites (tertiary alicyclic amines) is 1. The molecule has 6 nitrogen and oxygen atoms in total. The summed E-state index contributed by atoms with van der Waals surface area (Å²) >= 11 is 0. The number of hydrogen-bond donors (Lipinski definition) is 2. The molecule has 24 heavy (non-hydrogen) atoms. The average molecular weight is 330 g/mol. The van der Waals surface area contributed by atoms with Crippen molar-refractivity contribution in [3.05, 3.63) is 36.1 Å². The lowest BCUT2D eigenvalue weighted by molar-refractivity contribution is -0.142. The van der Waals surface area contributed by atoms with Crippen LogP contribution in [0.2, 0.25) is 0 Å². The van der Waals surface area contributed by atoms with Crippen molar-refractivity contribution in [1.82, 2.24) is 10.2 Å². The Labute approximate surface area is 140 Å². The molecule has 1 saturated heterocycles. The molecule has 1 aromatic carbocycles. The van der Waals surface area contributed by atoms with Gasteiger partial charge in [0.2, 0.25) is 5.91 Å². The second kappa shape index (κ2) is 7.49. The molecule has 2 amide bonds. The van der Waals surface area contributed by atoms with Crippen LogP contribution in [-0.4, -0.2) is 47.6 Å². The van der Waals surface area contributed by atoms with E-state index in [1.165, 1.54) is 4.90 Å². The fraction of sp³-hybridized carbons (Fsp3) is 0.444. The summed E-state index contributed by atoms with van der Waals surface area (Å²) in [6.45, 7) is 0.964. The number of para-hydroxylation sites is 1. The highest BCUT2D eigenvalue weighted by atomic mass is 16.3. The largest absolute Gasteiger partial charge is 0.461 e. The number of aliphatic hydroxyl groups is 1. The molecule has 6 heteroatoms. The van der Waals surface area contributed by atoms with E-state index >= 15 is 0 Å². The fourth-order valence-corrected chi connectivity index (χ4v) is 2.96. The van der Waals surface area contributed by atoms with Crippen molar-refractivity contribution in [1.29, 1.82) is 0 Å². The zero-order chi connectivity index (χ0) is 16.9. The highest BCUT2D eigenvalue weighted by Crippen LogP contribution is 2.18. The van der Waals surface area contributed by atoms with Crippen LogP contribution in [-0.2, 0) is 16.0 Å². The third-order valence-electron chi connectivity index (χ3n) is 4.26. The number of nitrogens with zero attached hydrogens (tertiary/aromatic N) is 1. The van der Waals surface area contributed by atoms with E-state index < -0.39 is 6.10 Å². The summed E-state index contributed by atoms with van der Waals surface area (Å²) < 4.78 is 5.70. The molecule has 0 spiro atoms. The average Bonchev–Trinajstić information content (AvgIpc) is 2.92. The summed E-state index contributed by atoms with van der Waals surface area (Å²) in [6.07, 6.45) is 1.71. The Kier molecular flexibility index (Phi) is 5.15. The minimum Gasteiger partial charge on any atom is -0.461 e. The van der Waals surface area contributed by atoms with E-state index in [4.69, 9.17) is 4.42 Å². The standard InChI is InChI=1S/C18H22N2O4/c21-15-6-3-4-10-20(18(15)23)12-17(22)19-9-8-14-11-13-5-1-2-7-16(13)24-14/h1-2,5,7,11,15,21H,3-4,6,8-10,12H2,(H,19,22). The van der Waals surface area contributed by atoms with Crippen molar-refractivity contribution in [2.75, 3.05) is 19.6 Å². The molecule has 1 fully saturated rings. The lowest BCUT2D eigenvalue weighted by Gasteiger charge is -2.21. The topological polar surface area (TPSA) is 82.8 Å². The van der Waals surface area contributed by atoms with Crippen molar-refractivity contribution in [3.8, 4) is 0 Å². The van der Waals surface area contributed by atoms with E-state index in [2.05, 4.69) is 5.32 Å². The molecule has 0 saturated carbocycles. The van der Waals surface area contributed by atoms with Gasteiger partial charge in [0.05, 0.1) is 6.54 Å². The first-order chi connectivity index (χ1) is 11.6. The van der Waals surface area contributed by atoms with Gasteiger partial charge in [-0.3, -0.25) is 9.59 Å². The molecule has 1 aromatic heterocycles. The molecule has 0 radical (unpaired) electrons. The van der Waals surface area contributed by atoms with E-state index in [0.717, 1.165) is 29.6 Å². The minimum absolute atomic E-state index is 0.00394. The van der Waals surface area contributed by atoms with Crippen LogP contribution in [0.15, 0.2) is 34.7 Å². The zero-order valence-corrected chi connectivity index (χ0v) is 13.5. The predicted octanol–water partition coefficient (Wildman–Crippen LogP) is 1.46. The van der Waals surface area contributed by atoms with Gasteiger partial charge in [0, 0.05) is 24.9 Å². The summed E-state index contributed by atoms with van der Waals surface area (Å²) in [4.78, 5) is 25.4. The molecule has 1 aliphatic rings. The van der Waals surface area contributed by atoms with Crippen molar-refractivity contribution in [2.45, 2.75) is 31.8 Å². The number of carbonyl (C=O) groups is 2. The molecule has 1 unspecified atom stereocenters. The van der Waals surface area contributed by atoms with Crippen LogP contribution in [0, 0.1) is 0 Å². The molecule has 2 aromatic rings. The smallest absolute Gasteiger partial charge is 0.251 e. The summed E-state index contributed by atoms with van der Waals surface area (Å²) in [6, 6.07) is 9.74. The third-order valence-corrected chi connectivity index (χ3v) is 4.26. The van der Waals surface area contributed by atoms with Gasteiger partial charge < -0.3 is 19.7 Å². The van der Waals surface area contributed by atoms with E-state index in [0.29, 0.717) is 25.9 Å². The summed E-state index contributed by atoms with van der Waals surface area (Å²) in [5.41, 5.74) is 0.836. The summed E-state index contributed by atoms with van der Waals surface area (Å²) in [5.74, 6) is 0.256. The molecule has 128 valence electrons. The maximum atomic E-state index is 12.0. The lowest BCUT2D eigenvalue weighted by Crippen LogP contribution is -2.44. The van der Waals surface area contributed by atoms with Crippen LogP contribution in [0.5, 0.6) is 0 Å². The van der Waals surface area contributed by atoms with Crippen molar-refractivity contribution < 1.29 is 19.1 Å². The predicted molar refractivity (Wildman–Crippen MR) is 89.4 cm³/mol. The molecule has 1 aliphatic heterocycles. The molecular weight excluding hydrogens is 308 g/mol. The number of nitrogens with one attached hydrogen (secondary N) is 1. The summed E-state index contributed by atoms with van der Waals surface area (Å²) in [5, 5.41) is 13.5. The number of benzene rings is 1. The third kappa shape index (κ3) is 3.94. The Morgan fingerprint density at radius 2 is 2.17 bits per heavy atom. The van der Waals surface area contributed by atoms with Crippen LogP contribution in [0.25, 0.3) is 11.0 Å². The Balaban J connectivity index is 1.47. The molecule has 0 bridgehead atoms. The van der Waals surface area contributed by atoms with Gasteiger partial charge in [-0.2, -0.15) is 0 Å². The van der Waals surface area contributed by atoms with Gasteiger partial charge in [-0.1, -0.05) is 18.2 Å².